The summed E-state index contributed by atoms with van der Waals surface area (Å²) in [5, 5.41) is 16.5. The molecule has 1 aliphatic heterocycles. The molecule has 228 valence electrons. The Bertz CT molecular complexity index is 1300. The zero-order valence-corrected chi connectivity index (χ0v) is 26.3. The second-order valence-electron chi connectivity index (χ2n) is 12.8. The number of rotatable bonds is 9. The van der Waals surface area contributed by atoms with Crippen molar-refractivity contribution in [3.63, 3.8) is 0 Å². The zero-order chi connectivity index (χ0) is 30.8. The van der Waals surface area contributed by atoms with Gasteiger partial charge < -0.3 is 20.6 Å². The predicted molar refractivity (Wildman–Crippen MR) is 162 cm³/mol. The fourth-order valence-electron chi connectivity index (χ4n) is 6.08. The molecule has 9 nitrogen and oxygen atoms in total. The number of nitrogens with zero attached hydrogens (tertiary/aromatic N) is 2. The molecule has 3 N–H and O–H groups in total. The van der Waals surface area contributed by atoms with Crippen molar-refractivity contribution >= 4 is 34.8 Å². The maximum Gasteiger partial charge on any atom is 0.246 e. The highest BCUT2D eigenvalue weighted by Gasteiger charge is 2.45. The first kappa shape index (κ1) is 31.8. The molecule has 2 fully saturated rings. The molecule has 2 heterocycles. The molecule has 0 spiro atoms. The molecule has 3 amide bonds. The van der Waals surface area contributed by atoms with Gasteiger partial charge in [0.05, 0.1) is 28.2 Å². The first-order valence-electron chi connectivity index (χ1n) is 14.9. The Morgan fingerprint density at radius 2 is 1.71 bits per heavy atom. The van der Waals surface area contributed by atoms with E-state index < -0.39 is 23.6 Å². The van der Waals surface area contributed by atoms with E-state index in [4.69, 9.17) is 0 Å². The summed E-state index contributed by atoms with van der Waals surface area (Å²) in [5.41, 5.74) is 4.14. The van der Waals surface area contributed by atoms with Gasteiger partial charge in [0.2, 0.25) is 17.7 Å². The smallest absolute Gasteiger partial charge is 0.246 e. The lowest BCUT2D eigenvalue weighted by Crippen LogP contribution is -2.58. The predicted octanol–water partition coefficient (Wildman–Crippen LogP) is 4.18. The molecular weight excluding hydrogens is 552 g/mol. The van der Waals surface area contributed by atoms with E-state index in [1.165, 1.54) is 4.90 Å². The molecule has 10 heteroatoms. The number of nitrogens with one attached hydrogen (secondary N) is 2. The molecule has 6 atom stereocenters. The lowest BCUT2D eigenvalue weighted by molar-refractivity contribution is -0.144. The minimum absolute atomic E-state index is 0.0210. The number of Topliss-reactive ketones (excluding diaryl/α,β-unsaturated/α-hetero) is 1. The van der Waals surface area contributed by atoms with E-state index in [0.717, 1.165) is 21.7 Å². The number of aromatic nitrogens is 1. The third kappa shape index (κ3) is 7.09. The van der Waals surface area contributed by atoms with Crippen LogP contribution in [-0.4, -0.2) is 63.2 Å². The highest BCUT2D eigenvalue weighted by Crippen LogP contribution is 2.34. The summed E-state index contributed by atoms with van der Waals surface area (Å²) in [5.74, 6) is -1.21. The summed E-state index contributed by atoms with van der Waals surface area (Å²) < 4.78 is 0. The standard InChI is InChI=1S/C32H44N4O5S/c1-7-26(38)22-12-13-23(14-22)29(39)35-28(32(4,5)6)31(41)36-16-24(37)15-25(36)30(40)34-18(2)20-8-10-21(11-9-20)27-19(3)33-17-42-27/h8-11,17-18,22-25,28,37H,7,12-16H2,1-6H3,(H,34,40)(H,35,39)/t18-,22+,23-,24+,25-,28+/m0/s1. The number of carbonyl (C=O) groups is 4. The van der Waals surface area contributed by atoms with Gasteiger partial charge in [0, 0.05) is 31.2 Å². The Morgan fingerprint density at radius 3 is 2.31 bits per heavy atom. The molecule has 1 saturated heterocycles. The summed E-state index contributed by atoms with van der Waals surface area (Å²) in [4.78, 5) is 59.6. The van der Waals surface area contributed by atoms with Crippen LogP contribution in [0.2, 0.25) is 0 Å². The van der Waals surface area contributed by atoms with E-state index in [1.807, 2.05) is 71.3 Å². The van der Waals surface area contributed by atoms with Crippen LogP contribution in [0.3, 0.4) is 0 Å². The molecule has 4 rings (SSSR count). The van der Waals surface area contributed by atoms with Crippen LogP contribution in [0.15, 0.2) is 29.8 Å². The molecule has 1 aromatic heterocycles. The van der Waals surface area contributed by atoms with Crippen LogP contribution >= 0.6 is 11.3 Å². The number of hydrogen-bond acceptors (Lipinski definition) is 7. The molecule has 1 aromatic carbocycles. The van der Waals surface area contributed by atoms with Gasteiger partial charge in [-0.05, 0) is 49.7 Å². The highest BCUT2D eigenvalue weighted by molar-refractivity contribution is 7.13. The average molecular weight is 597 g/mol. The Balaban J connectivity index is 1.43. The summed E-state index contributed by atoms with van der Waals surface area (Å²) >= 11 is 1.58. The number of carbonyl (C=O) groups excluding carboxylic acids is 4. The quantitative estimate of drug-likeness (QED) is 0.398. The van der Waals surface area contributed by atoms with Crippen molar-refractivity contribution in [3.05, 3.63) is 41.0 Å². The molecule has 1 aliphatic carbocycles. The number of amides is 3. The van der Waals surface area contributed by atoms with Gasteiger partial charge in [-0.25, -0.2) is 4.98 Å². The van der Waals surface area contributed by atoms with Crippen molar-refractivity contribution in [2.24, 2.45) is 17.3 Å². The largest absolute Gasteiger partial charge is 0.391 e. The number of likely N-dealkylation sites (tertiary alicyclic amines) is 1. The van der Waals surface area contributed by atoms with Crippen LogP contribution in [0.5, 0.6) is 0 Å². The second kappa shape index (κ2) is 13.0. The fraction of sp³-hybridized carbons (Fsp3) is 0.594. The van der Waals surface area contributed by atoms with E-state index in [2.05, 4.69) is 15.6 Å². The van der Waals surface area contributed by atoms with Crippen molar-refractivity contribution in [2.45, 2.75) is 97.9 Å². The number of ketones is 1. The molecule has 0 radical (unpaired) electrons. The highest BCUT2D eigenvalue weighted by atomic mass is 32.1. The van der Waals surface area contributed by atoms with E-state index in [9.17, 15) is 24.3 Å². The van der Waals surface area contributed by atoms with Crippen LogP contribution in [0.1, 0.15) is 84.0 Å². The third-order valence-electron chi connectivity index (χ3n) is 8.65. The number of β-amino-alcohol motifs (C(OH)–C–C–N with tert-alkyl or cyclic N) is 1. The van der Waals surface area contributed by atoms with Gasteiger partial charge in [-0.15, -0.1) is 11.3 Å². The molecular formula is C32H44N4O5S. The fourth-order valence-corrected chi connectivity index (χ4v) is 6.89. The Hall–Kier alpha value is -3.11. The molecule has 0 bridgehead atoms. The van der Waals surface area contributed by atoms with Gasteiger partial charge in [-0.2, -0.15) is 0 Å². The summed E-state index contributed by atoms with van der Waals surface area (Å²) in [6.45, 7) is 11.3. The second-order valence-corrected chi connectivity index (χ2v) is 13.7. The van der Waals surface area contributed by atoms with E-state index in [-0.39, 0.29) is 54.3 Å². The van der Waals surface area contributed by atoms with E-state index in [1.54, 1.807) is 11.3 Å². The first-order chi connectivity index (χ1) is 19.8. The van der Waals surface area contributed by atoms with Gasteiger partial charge in [-0.1, -0.05) is 52.0 Å². The van der Waals surface area contributed by atoms with E-state index in [0.29, 0.717) is 25.7 Å². The normalized spacial score (nSPS) is 23.8. The number of aliphatic hydroxyl groups excluding tert-OH is 1. The van der Waals surface area contributed by atoms with Crippen molar-refractivity contribution in [2.75, 3.05) is 6.54 Å². The minimum Gasteiger partial charge on any atom is -0.391 e. The van der Waals surface area contributed by atoms with Crippen LogP contribution in [0.25, 0.3) is 10.4 Å². The summed E-state index contributed by atoms with van der Waals surface area (Å²) in [6, 6.07) is 5.91. The van der Waals surface area contributed by atoms with Crippen molar-refractivity contribution in [1.29, 1.82) is 0 Å². The average Bonchev–Trinajstić information content (AvgIpc) is 3.70. The van der Waals surface area contributed by atoms with Crippen LogP contribution < -0.4 is 10.6 Å². The molecule has 0 unspecified atom stereocenters. The number of benzene rings is 1. The molecule has 42 heavy (non-hydrogen) atoms. The zero-order valence-electron chi connectivity index (χ0n) is 25.5. The van der Waals surface area contributed by atoms with Crippen LogP contribution in [-0.2, 0) is 19.2 Å². The Labute approximate surface area is 252 Å². The Kier molecular flexibility index (Phi) is 9.88. The van der Waals surface area contributed by atoms with Crippen molar-refractivity contribution < 1.29 is 24.3 Å². The lowest BCUT2D eigenvalue weighted by Gasteiger charge is -2.36. The van der Waals surface area contributed by atoms with Gasteiger partial charge in [0.15, 0.2) is 0 Å². The van der Waals surface area contributed by atoms with Crippen LogP contribution in [0, 0.1) is 24.2 Å². The monoisotopic (exact) mass is 596 g/mol. The van der Waals surface area contributed by atoms with Gasteiger partial charge >= 0.3 is 0 Å². The SMILES string of the molecule is CCC(=O)[C@@H]1CC[C@H](C(=O)N[C@H](C(=O)N2C[C@H](O)C[C@H]2C(=O)N[C@@H](C)c2ccc(-c3scnc3C)cc2)C(C)(C)C)C1. The third-order valence-corrected chi connectivity index (χ3v) is 9.63. The first-order valence-corrected chi connectivity index (χ1v) is 15.8. The lowest BCUT2D eigenvalue weighted by atomic mass is 9.85. The van der Waals surface area contributed by atoms with Gasteiger partial charge in [0.1, 0.15) is 17.9 Å². The maximum atomic E-state index is 13.9. The van der Waals surface area contributed by atoms with Crippen molar-refractivity contribution in [1.82, 2.24) is 20.5 Å². The van der Waals surface area contributed by atoms with Crippen molar-refractivity contribution in [3.8, 4) is 10.4 Å². The topological polar surface area (TPSA) is 129 Å². The molecule has 1 saturated carbocycles. The maximum absolute atomic E-state index is 13.9. The van der Waals surface area contributed by atoms with Crippen LogP contribution in [0.4, 0.5) is 0 Å². The summed E-state index contributed by atoms with van der Waals surface area (Å²) in [6.07, 6.45) is 1.55. The number of aliphatic hydroxyl groups is 1. The van der Waals surface area contributed by atoms with E-state index >= 15 is 0 Å². The number of hydrogen-bond donors (Lipinski definition) is 3. The number of aryl methyl sites for hydroxylation is 1. The van der Waals surface area contributed by atoms with Gasteiger partial charge in [0.25, 0.3) is 0 Å². The minimum atomic E-state index is -0.883. The summed E-state index contributed by atoms with van der Waals surface area (Å²) in [7, 11) is 0. The molecule has 2 aliphatic rings. The number of thiazole rings is 1. The van der Waals surface area contributed by atoms with Gasteiger partial charge in [-0.3, -0.25) is 19.2 Å². The molecule has 2 aromatic rings. The Morgan fingerprint density at radius 1 is 1.05 bits per heavy atom.